The first-order valence-corrected chi connectivity index (χ1v) is 5.19. The van der Waals surface area contributed by atoms with Gasteiger partial charge in [-0.15, -0.1) is 0 Å². The van der Waals surface area contributed by atoms with E-state index in [0.717, 1.165) is 4.90 Å². The average molecular weight is 203 g/mol. The highest BCUT2D eigenvalue weighted by molar-refractivity contribution is 7.91. The van der Waals surface area contributed by atoms with E-state index in [1.165, 1.54) is 6.20 Å². The van der Waals surface area contributed by atoms with Crippen molar-refractivity contribution in [2.24, 2.45) is 0 Å². The number of aromatic nitrogens is 2. The molecule has 0 fully saturated rings. The highest BCUT2D eigenvalue weighted by Gasteiger charge is 2.14. The Kier molecular flexibility index (Phi) is 2.76. The molecule has 0 spiro atoms. The van der Waals surface area contributed by atoms with E-state index >= 15 is 0 Å². The lowest BCUT2D eigenvalue weighted by atomic mass is 10.4. The van der Waals surface area contributed by atoms with E-state index < -0.39 is 11.2 Å². The van der Waals surface area contributed by atoms with Crippen molar-refractivity contribution in [2.45, 2.75) is 9.92 Å². The lowest BCUT2D eigenvalue weighted by Gasteiger charge is -2.06. The maximum atomic E-state index is 11.8. The molecule has 0 amide bonds. The average Bonchev–Trinajstić information content (AvgIpc) is 2.30. The molecule has 0 bridgehead atoms. The third-order valence-electron chi connectivity index (χ3n) is 1.66. The highest BCUT2D eigenvalue weighted by Crippen LogP contribution is 2.16. The Labute approximate surface area is 85.0 Å². The molecule has 1 heterocycles. The Hall–Kier alpha value is -1.39. The second kappa shape index (κ2) is 4.21. The Morgan fingerprint density at radius 2 is 1.93 bits per heavy atom. The zero-order chi connectivity index (χ0) is 9.80. The zero-order valence-corrected chi connectivity index (χ0v) is 8.07. The predicted molar refractivity (Wildman–Crippen MR) is 52.0 cm³/mol. The Balaban J connectivity index is 2.30. The van der Waals surface area contributed by atoms with E-state index in [0.29, 0.717) is 5.03 Å². The molecule has 1 aromatic carbocycles. The van der Waals surface area contributed by atoms with Crippen LogP contribution in [-0.2, 0) is 11.2 Å². The fourth-order valence-electron chi connectivity index (χ4n) is 1.02. The Morgan fingerprint density at radius 1 is 1.14 bits per heavy atom. The van der Waals surface area contributed by atoms with Crippen LogP contribution in [0.2, 0.25) is 0 Å². The number of hydrogen-bond donors (Lipinski definition) is 0. The van der Waals surface area contributed by atoms with Crippen molar-refractivity contribution in [3.8, 4) is 0 Å². The normalized spacial score (nSPS) is 12.4. The molecule has 2 rings (SSSR count). The first-order valence-electron chi connectivity index (χ1n) is 4.04. The molecule has 3 nitrogen and oxygen atoms in total. The van der Waals surface area contributed by atoms with Crippen LogP contribution in [0.25, 0.3) is 0 Å². The molecule has 1 unspecified atom stereocenters. The lowest BCUT2D eigenvalue weighted by Crippen LogP contribution is -2.04. The molecule has 0 N–H and O–H groups in total. The molecule has 4 heteroatoms. The van der Waals surface area contributed by atoms with E-state index in [1.807, 2.05) is 18.2 Å². The van der Waals surface area contributed by atoms with Crippen molar-refractivity contribution in [3.05, 3.63) is 48.9 Å². The molecule has 0 saturated heterocycles. The van der Waals surface area contributed by atoms with Crippen molar-refractivity contribution < 1.29 is 4.55 Å². The summed E-state index contributed by atoms with van der Waals surface area (Å²) in [4.78, 5) is 8.21. The van der Waals surface area contributed by atoms with E-state index in [1.54, 1.807) is 18.2 Å². The molecule has 0 saturated carbocycles. The molecule has 69 valence electrons. The molecule has 1 aromatic heterocycles. The van der Waals surface area contributed by atoms with Crippen LogP contribution >= 0.6 is 0 Å². The topological polar surface area (TPSA) is 48.8 Å². The minimum atomic E-state index is -1.23. The van der Waals surface area contributed by atoms with Crippen molar-refractivity contribution >= 4 is 11.2 Å². The molecule has 14 heavy (non-hydrogen) atoms. The maximum Gasteiger partial charge on any atom is 0.254 e. The van der Waals surface area contributed by atoms with Crippen molar-refractivity contribution in [1.29, 1.82) is 0 Å². The monoisotopic (exact) mass is 203 g/mol. The van der Waals surface area contributed by atoms with Gasteiger partial charge in [-0.3, -0.25) is 0 Å². The van der Waals surface area contributed by atoms with E-state index in [9.17, 15) is 4.55 Å². The van der Waals surface area contributed by atoms with Gasteiger partial charge < -0.3 is 4.55 Å². The van der Waals surface area contributed by atoms with Crippen LogP contribution in [0.3, 0.4) is 0 Å². The van der Waals surface area contributed by atoms with Gasteiger partial charge in [0.25, 0.3) is 5.03 Å². The van der Waals surface area contributed by atoms with Gasteiger partial charge in [-0.25, -0.2) is 4.98 Å². The summed E-state index contributed by atoms with van der Waals surface area (Å²) in [6.45, 7) is 0. The molecular weight excluding hydrogens is 196 g/mol. The van der Waals surface area contributed by atoms with Crippen molar-refractivity contribution in [1.82, 2.24) is 9.97 Å². The second-order valence-electron chi connectivity index (χ2n) is 2.58. The van der Waals surface area contributed by atoms with E-state index in [4.69, 9.17) is 0 Å². The number of hydrogen-bond acceptors (Lipinski definition) is 3. The molecule has 0 aliphatic heterocycles. The van der Waals surface area contributed by atoms with Gasteiger partial charge >= 0.3 is 0 Å². The van der Waals surface area contributed by atoms with Gasteiger partial charge in [0, 0.05) is 23.4 Å². The van der Waals surface area contributed by atoms with Crippen LogP contribution in [0.5, 0.6) is 0 Å². The third kappa shape index (κ3) is 1.92. The van der Waals surface area contributed by atoms with Crippen LogP contribution in [0.4, 0.5) is 0 Å². The number of benzene rings is 1. The Bertz CT molecular complexity index is 354. The van der Waals surface area contributed by atoms with Gasteiger partial charge in [0.2, 0.25) is 6.33 Å². The van der Waals surface area contributed by atoms with Gasteiger partial charge in [0.05, 0.1) is 0 Å². The number of nitrogens with zero attached hydrogens (tertiary/aromatic N) is 2. The summed E-state index contributed by atoms with van der Waals surface area (Å²) in [5.41, 5.74) is 0. The smallest absolute Gasteiger partial charge is 0.254 e. The molecular formula is C10H7N2OS. The summed E-state index contributed by atoms with van der Waals surface area (Å²) in [6, 6.07) is 10.8. The predicted octanol–water partition coefficient (Wildman–Crippen LogP) is 1.44. The highest BCUT2D eigenvalue weighted by atomic mass is 32.2. The SMILES string of the molecule is [O-][S+](c1ccccc1)c1ccn[c]n1. The first-order chi connectivity index (χ1) is 6.88. The minimum absolute atomic E-state index is 0.478. The summed E-state index contributed by atoms with van der Waals surface area (Å²) in [7, 11) is 0. The van der Waals surface area contributed by atoms with Crippen molar-refractivity contribution in [2.75, 3.05) is 0 Å². The van der Waals surface area contributed by atoms with E-state index in [-0.39, 0.29) is 0 Å². The summed E-state index contributed by atoms with van der Waals surface area (Å²) in [5.74, 6) is 0. The van der Waals surface area contributed by atoms with Gasteiger partial charge in [0.15, 0.2) is 4.90 Å². The standard InChI is InChI=1S/C10H7N2OS/c13-14(9-4-2-1-3-5-9)10-6-7-11-8-12-10/h1-7H. The largest absolute Gasteiger partial charge is 0.605 e. The van der Waals surface area contributed by atoms with Crippen LogP contribution in [0.15, 0.2) is 52.5 Å². The molecule has 0 aliphatic carbocycles. The second-order valence-corrected chi connectivity index (χ2v) is 4.00. The van der Waals surface area contributed by atoms with Crippen LogP contribution in [-0.4, -0.2) is 14.5 Å². The van der Waals surface area contributed by atoms with Crippen LogP contribution in [0.1, 0.15) is 0 Å². The van der Waals surface area contributed by atoms with Crippen LogP contribution < -0.4 is 0 Å². The fourth-order valence-corrected chi connectivity index (χ4v) is 1.97. The summed E-state index contributed by atoms with van der Waals surface area (Å²) < 4.78 is 11.8. The third-order valence-corrected chi connectivity index (χ3v) is 2.96. The molecule has 1 atom stereocenters. The van der Waals surface area contributed by atoms with Gasteiger partial charge in [-0.05, 0) is 12.1 Å². The maximum absolute atomic E-state index is 11.8. The Morgan fingerprint density at radius 3 is 2.57 bits per heavy atom. The van der Waals surface area contributed by atoms with Crippen molar-refractivity contribution in [3.63, 3.8) is 0 Å². The number of rotatable bonds is 2. The molecule has 1 radical (unpaired) electrons. The summed E-state index contributed by atoms with van der Waals surface area (Å²) >= 11 is -1.23. The van der Waals surface area contributed by atoms with Gasteiger partial charge in [0.1, 0.15) is 0 Å². The summed E-state index contributed by atoms with van der Waals surface area (Å²) in [6.07, 6.45) is 3.95. The van der Waals surface area contributed by atoms with E-state index in [2.05, 4.69) is 16.3 Å². The van der Waals surface area contributed by atoms with Crippen LogP contribution in [0, 0.1) is 6.33 Å². The first kappa shape index (κ1) is 9.18. The minimum Gasteiger partial charge on any atom is -0.605 e. The summed E-state index contributed by atoms with van der Waals surface area (Å²) in [5, 5.41) is 0.478. The lowest BCUT2D eigenvalue weighted by molar-refractivity contribution is 0.591. The zero-order valence-electron chi connectivity index (χ0n) is 7.25. The van der Waals surface area contributed by atoms with Gasteiger partial charge in [-0.2, -0.15) is 4.98 Å². The molecule has 0 aliphatic rings. The van der Waals surface area contributed by atoms with Gasteiger partial charge in [-0.1, -0.05) is 18.2 Å². The quantitative estimate of drug-likeness (QED) is 0.548. The fraction of sp³-hybridized carbons (Fsp3) is 0. The molecule has 2 aromatic rings.